The van der Waals surface area contributed by atoms with Gasteiger partial charge in [0.05, 0.1) is 12.2 Å². The number of aromatic nitrogens is 5. The van der Waals surface area contributed by atoms with Gasteiger partial charge in [0.1, 0.15) is 5.65 Å². The van der Waals surface area contributed by atoms with Gasteiger partial charge in [0.25, 0.3) is 5.56 Å². The van der Waals surface area contributed by atoms with Crippen molar-refractivity contribution in [3.63, 3.8) is 0 Å². The zero-order valence-electron chi connectivity index (χ0n) is 17.6. The Hall–Kier alpha value is -4.26. The van der Waals surface area contributed by atoms with Gasteiger partial charge in [-0.3, -0.25) is 9.36 Å². The third-order valence-corrected chi connectivity index (χ3v) is 5.39. The van der Waals surface area contributed by atoms with Gasteiger partial charge in [-0.1, -0.05) is 31.2 Å². The summed E-state index contributed by atoms with van der Waals surface area (Å²) < 4.78 is 3.48. The third-order valence-electron chi connectivity index (χ3n) is 5.39. The van der Waals surface area contributed by atoms with Crippen LogP contribution in [0.15, 0.2) is 90.1 Å². The molecule has 0 fully saturated rings. The summed E-state index contributed by atoms with van der Waals surface area (Å²) in [6, 6.07) is 21.3. The van der Waals surface area contributed by atoms with Crippen molar-refractivity contribution in [1.82, 2.24) is 24.3 Å². The minimum Gasteiger partial charge on any atom is -0.324 e. The Labute approximate surface area is 185 Å². The molecule has 32 heavy (non-hydrogen) atoms. The van der Waals surface area contributed by atoms with E-state index in [-0.39, 0.29) is 5.56 Å². The summed E-state index contributed by atoms with van der Waals surface area (Å²) in [5.41, 5.74) is 4.64. The maximum Gasteiger partial charge on any atom is 0.252 e. The average molecular weight is 422 g/mol. The van der Waals surface area contributed by atoms with E-state index in [4.69, 9.17) is 0 Å². The van der Waals surface area contributed by atoms with Gasteiger partial charge in [0, 0.05) is 35.7 Å². The fourth-order valence-electron chi connectivity index (χ4n) is 3.60. The first-order valence-corrected chi connectivity index (χ1v) is 10.5. The number of rotatable bonds is 6. The number of nitrogens with zero attached hydrogens (tertiary/aromatic N) is 5. The van der Waals surface area contributed by atoms with Crippen LogP contribution in [0.4, 0.5) is 11.6 Å². The van der Waals surface area contributed by atoms with Crippen LogP contribution in [0.3, 0.4) is 0 Å². The Morgan fingerprint density at radius 3 is 2.44 bits per heavy atom. The maximum absolute atomic E-state index is 12.7. The van der Waals surface area contributed by atoms with Crippen LogP contribution in [0.1, 0.15) is 18.1 Å². The number of benzene rings is 2. The van der Waals surface area contributed by atoms with E-state index in [1.165, 1.54) is 5.56 Å². The van der Waals surface area contributed by atoms with E-state index in [1.807, 2.05) is 36.5 Å². The first-order valence-electron chi connectivity index (χ1n) is 10.5. The van der Waals surface area contributed by atoms with Gasteiger partial charge in [-0.2, -0.15) is 10.1 Å². The van der Waals surface area contributed by atoms with Crippen LogP contribution in [-0.4, -0.2) is 24.3 Å². The molecular weight excluding hydrogens is 400 g/mol. The molecule has 5 rings (SSSR count). The van der Waals surface area contributed by atoms with Gasteiger partial charge in [-0.25, -0.2) is 9.67 Å². The second-order valence-electron chi connectivity index (χ2n) is 7.52. The highest BCUT2D eigenvalue weighted by molar-refractivity contribution is 5.75. The molecule has 1 N–H and O–H groups in total. The summed E-state index contributed by atoms with van der Waals surface area (Å²) in [6.07, 6.45) is 6.36. The Morgan fingerprint density at radius 2 is 1.72 bits per heavy atom. The molecule has 0 atom stereocenters. The molecule has 0 amide bonds. The minimum absolute atomic E-state index is 0.0923. The predicted molar refractivity (Wildman–Crippen MR) is 126 cm³/mol. The van der Waals surface area contributed by atoms with Crippen LogP contribution >= 0.6 is 0 Å². The van der Waals surface area contributed by atoms with E-state index in [0.29, 0.717) is 18.1 Å². The molecule has 0 saturated carbocycles. The van der Waals surface area contributed by atoms with Gasteiger partial charge in [-0.15, -0.1) is 0 Å². The van der Waals surface area contributed by atoms with Crippen molar-refractivity contribution in [2.45, 2.75) is 19.9 Å². The highest BCUT2D eigenvalue weighted by Gasteiger charge is 2.09. The molecule has 0 radical (unpaired) electrons. The van der Waals surface area contributed by atoms with E-state index in [1.54, 1.807) is 33.8 Å². The van der Waals surface area contributed by atoms with Gasteiger partial charge in [0.15, 0.2) is 0 Å². The number of nitrogens with one attached hydrogen (secondary N) is 1. The van der Waals surface area contributed by atoms with Crippen molar-refractivity contribution in [1.29, 1.82) is 0 Å². The van der Waals surface area contributed by atoms with Crippen LogP contribution in [0, 0.1) is 0 Å². The van der Waals surface area contributed by atoms with Gasteiger partial charge >= 0.3 is 0 Å². The Bertz CT molecular complexity index is 1400. The molecule has 0 aliphatic rings. The van der Waals surface area contributed by atoms with Crippen LogP contribution in [-0.2, 0) is 13.0 Å². The average Bonchev–Trinajstić information content (AvgIpc) is 3.37. The Morgan fingerprint density at radius 1 is 0.938 bits per heavy atom. The van der Waals surface area contributed by atoms with Gasteiger partial charge in [0.2, 0.25) is 5.95 Å². The van der Waals surface area contributed by atoms with Crippen molar-refractivity contribution < 1.29 is 0 Å². The van der Waals surface area contributed by atoms with Crippen molar-refractivity contribution in [2.24, 2.45) is 0 Å². The van der Waals surface area contributed by atoms with E-state index >= 15 is 0 Å². The fraction of sp³-hybridized carbons (Fsp3) is 0.120. The van der Waals surface area contributed by atoms with E-state index < -0.39 is 0 Å². The topological polar surface area (TPSA) is 77.6 Å². The first kappa shape index (κ1) is 19.7. The molecule has 7 nitrogen and oxygen atoms in total. The number of anilines is 2. The molecule has 0 bridgehead atoms. The first-order chi connectivity index (χ1) is 15.7. The van der Waals surface area contributed by atoms with Crippen molar-refractivity contribution >= 4 is 22.7 Å². The molecule has 158 valence electrons. The lowest BCUT2D eigenvalue weighted by Gasteiger charge is -2.12. The lowest BCUT2D eigenvalue weighted by atomic mass is 10.1. The smallest absolute Gasteiger partial charge is 0.252 e. The molecule has 0 saturated heterocycles. The quantitative estimate of drug-likeness (QED) is 0.441. The Balaban J connectivity index is 1.44. The SMILES string of the molecule is CCc1ccc(Cn2c(=O)ccc3cnc(Nc4ccc(-n5cccn5)cc4)nc32)cc1. The number of aryl methyl sites for hydroxylation is 1. The lowest BCUT2D eigenvalue weighted by Crippen LogP contribution is -2.21. The van der Waals surface area contributed by atoms with Crippen molar-refractivity contribution in [2.75, 3.05) is 5.32 Å². The molecule has 3 aromatic heterocycles. The largest absolute Gasteiger partial charge is 0.324 e. The summed E-state index contributed by atoms with van der Waals surface area (Å²) in [4.78, 5) is 21.7. The molecule has 0 aliphatic carbocycles. The van der Waals surface area contributed by atoms with Gasteiger partial charge < -0.3 is 5.32 Å². The molecule has 2 aromatic carbocycles. The van der Waals surface area contributed by atoms with Crippen LogP contribution in [0.5, 0.6) is 0 Å². The number of hydrogen-bond donors (Lipinski definition) is 1. The number of hydrogen-bond acceptors (Lipinski definition) is 5. The molecule has 0 unspecified atom stereocenters. The Kier molecular flexibility index (Phi) is 5.21. The van der Waals surface area contributed by atoms with E-state index in [0.717, 1.165) is 28.7 Å². The molecule has 0 spiro atoms. The summed E-state index contributed by atoms with van der Waals surface area (Å²) >= 11 is 0. The van der Waals surface area contributed by atoms with Gasteiger partial charge in [-0.05, 0) is 53.9 Å². The van der Waals surface area contributed by atoms with Crippen LogP contribution < -0.4 is 10.9 Å². The summed E-state index contributed by atoms with van der Waals surface area (Å²) in [6.45, 7) is 2.58. The summed E-state index contributed by atoms with van der Waals surface area (Å²) in [5, 5.41) is 8.28. The third kappa shape index (κ3) is 4.00. The maximum atomic E-state index is 12.7. The number of fused-ring (bicyclic) bond motifs is 1. The standard InChI is InChI=1S/C25H22N6O/c1-2-18-4-6-19(7-5-18)17-30-23(32)13-8-20-16-26-25(29-24(20)30)28-21-9-11-22(12-10-21)31-15-3-14-27-31/h3-16H,2,17H2,1H3,(H,26,28,29). The molecule has 3 heterocycles. The second-order valence-corrected chi connectivity index (χ2v) is 7.52. The number of pyridine rings is 1. The molecule has 7 heteroatoms. The zero-order valence-corrected chi connectivity index (χ0v) is 17.6. The van der Waals surface area contributed by atoms with E-state index in [2.05, 4.69) is 51.6 Å². The monoisotopic (exact) mass is 422 g/mol. The molecule has 5 aromatic rings. The second kappa shape index (κ2) is 8.47. The lowest BCUT2D eigenvalue weighted by molar-refractivity contribution is 0.781. The molecular formula is C25H22N6O. The molecule has 0 aliphatic heterocycles. The normalized spacial score (nSPS) is 11.0. The van der Waals surface area contributed by atoms with Crippen LogP contribution in [0.25, 0.3) is 16.7 Å². The summed E-state index contributed by atoms with van der Waals surface area (Å²) in [5.74, 6) is 0.435. The fourth-order valence-corrected chi connectivity index (χ4v) is 3.60. The van der Waals surface area contributed by atoms with Crippen LogP contribution in [0.2, 0.25) is 0 Å². The highest BCUT2D eigenvalue weighted by Crippen LogP contribution is 2.18. The highest BCUT2D eigenvalue weighted by atomic mass is 16.1. The van der Waals surface area contributed by atoms with Crippen molar-refractivity contribution in [3.05, 3.63) is 107 Å². The van der Waals surface area contributed by atoms with Crippen molar-refractivity contribution in [3.8, 4) is 5.69 Å². The minimum atomic E-state index is -0.0923. The zero-order chi connectivity index (χ0) is 21.9. The predicted octanol–water partition coefficient (Wildman–Crippen LogP) is 4.33. The summed E-state index contributed by atoms with van der Waals surface area (Å²) in [7, 11) is 0. The van der Waals surface area contributed by atoms with E-state index in [9.17, 15) is 4.79 Å².